The summed E-state index contributed by atoms with van der Waals surface area (Å²) in [5.41, 5.74) is 1.20. The van der Waals surface area contributed by atoms with Crippen molar-refractivity contribution in [3.63, 3.8) is 0 Å². The van der Waals surface area contributed by atoms with Crippen LogP contribution in [0, 0.1) is 0 Å². The van der Waals surface area contributed by atoms with E-state index in [-0.39, 0.29) is 0 Å². The summed E-state index contributed by atoms with van der Waals surface area (Å²) < 4.78 is 1.91. The maximum atomic E-state index is 4.38. The highest BCUT2D eigenvalue weighted by atomic mass is 32.1. The highest BCUT2D eigenvalue weighted by molar-refractivity contribution is 7.17. The van der Waals surface area contributed by atoms with E-state index in [1.165, 1.54) is 10.4 Å². The van der Waals surface area contributed by atoms with Gasteiger partial charge in [0.25, 0.3) is 0 Å². The lowest BCUT2D eigenvalue weighted by molar-refractivity contribution is 1.03. The van der Waals surface area contributed by atoms with Gasteiger partial charge in [-0.25, -0.2) is 9.97 Å². The molecule has 0 unspecified atom stereocenters. The molecule has 0 aliphatic rings. The molecule has 0 atom stereocenters. The van der Waals surface area contributed by atoms with Gasteiger partial charge in [-0.3, -0.25) is 4.57 Å². The Kier molecular flexibility index (Phi) is 2.27. The van der Waals surface area contributed by atoms with E-state index in [1.807, 2.05) is 35.2 Å². The first kappa shape index (κ1) is 9.30. The maximum Gasteiger partial charge on any atom is 0.195 e. The Labute approximate surface area is 97.0 Å². The van der Waals surface area contributed by atoms with Gasteiger partial charge in [0.15, 0.2) is 5.13 Å². The summed E-state index contributed by atoms with van der Waals surface area (Å²) in [5.74, 6) is 0. The van der Waals surface area contributed by atoms with Crippen LogP contribution >= 0.6 is 11.3 Å². The Morgan fingerprint density at radius 2 is 2.00 bits per heavy atom. The van der Waals surface area contributed by atoms with Gasteiger partial charge in [0.2, 0.25) is 0 Å². The van der Waals surface area contributed by atoms with Crippen molar-refractivity contribution < 1.29 is 0 Å². The zero-order valence-corrected chi connectivity index (χ0v) is 9.26. The van der Waals surface area contributed by atoms with Crippen molar-refractivity contribution >= 4 is 11.3 Å². The molecule has 0 bridgehead atoms. The van der Waals surface area contributed by atoms with E-state index in [1.54, 1.807) is 23.9 Å². The number of rotatable bonds is 2. The number of hydrogen-bond donors (Lipinski definition) is 0. The second-order valence-electron chi connectivity index (χ2n) is 3.34. The largest absolute Gasteiger partial charge is 0.282 e. The van der Waals surface area contributed by atoms with Crippen LogP contribution in [0.5, 0.6) is 0 Å². The monoisotopic (exact) mass is 227 g/mol. The summed E-state index contributed by atoms with van der Waals surface area (Å²) in [5, 5.41) is 0.941. The van der Waals surface area contributed by atoms with Gasteiger partial charge in [-0.2, -0.15) is 0 Å². The number of benzene rings is 1. The minimum atomic E-state index is 0.941. The first-order valence-corrected chi connectivity index (χ1v) is 5.75. The van der Waals surface area contributed by atoms with Crippen molar-refractivity contribution in [3.8, 4) is 15.6 Å². The molecule has 0 amide bonds. The van der Waals surface area contributed by atoms with Gasteiger partial charge in [-0.05, 0) is 5.56 Å². The topological polar surface area (TPSA) is 30.7 Å². The Bertz CT molecular complexity index is 569. The molecule has 3 nitrogen and oxygen atoms in total. The lowest BCUT2D eigenvalue weighted by Gasteiger charge is -1.94. The van der Waals surface area contributed by atoms with Crippen LogP contribution in [0.4, 0.5) is 0 Å². The summed E-state index contributed by atoms with van der Waals surface area (Å²) in [6, 6.07) is 10.3. The van der Waals surface area contributed by atoms with Crippen molar-refractivity contribution in [2.45, 2.75) is 0 Å². The fourth-order valence-electron chi connectivity index (χ4n) is 1.49. The minimum absolute atomic E-state index is 0.941. The second-order valence-corrected chi connectivity index (χ2v) is 4.35. The third kappa shape index (κ3) is 1.63. The van der Waals surface area contributed by atoms with Gasteiger partial charge in [-0.1, -0.05) is 41.7 Å². The van der Waals surface area contributed by atoms with Crippen LogP contribution < -0.4 is 0 Å². The molecule has 0 fully saturated rings. The summed E-state index contributed by atoms with van der Waals surface area (Å²) in [6.07, 6.45) is 7.31. The Morgan fingerprint density at radius 3 is 2.75 bits per heavy atom. The Hall–Kier alpha value is -1.94. The quantitative estimate of drug-likeness (QED) is 0.673. The molecule has 0 aliphatic heterocycles. The van der Waals surface area contributed by atoms with Crippen molar-refractivity contribution in [3.05, 3.63) is 55.2 Å². The molecule has 2 heterocycles. The van der Waals surface area contributed by atoms with E-state index < -0.39 is 0 Å². The average Bonchev–Trinajstić information content (AvgIpc) is 3.01. The second kappa shape index (κ2) is 3.90. The van der Waals surface area contributed by atoms with E-state index in [9.17, 15) is 0 Å². The molecule has 78 valence electrons. The third-order valence-corrected chi connectivity index (χ3v) is 3.34. The number of nitrogens with zero attached hydrogens (tertiary/aromatic N) is 3. The van der Waals surface area contributed by atoms with Gasteiger partial charge < -0.3 is 0 Å². The van der Waals surface area contributed by atoms with Crippen molar-refractivity contribution in [1.82, 2.24) is 14.5 Å². The molecule has 0 saturated heterocycles. The first-order valence-electron chi connectivity index (χ1n) is 4.93. The molecule has 0 N–H and O–H groups in total. The van der Waals surface area contributed by atoms with Crippen LogP contribution in [0.25, 0.3) is 15.6 Å². The average molecular weight is 227 g/mol. The number of aromatic nitrogens is 3. The molecule has 2 aromatic heterocycles. The molecule has 16 heavy (non-hydrogen) atoms. The van der Waals surface area contributed by atoms with Crippen LogP contribution in [-0.4, -0.2) is 14.5 Å². The number of imidazole rings is 1. The van der Waals surface area contributed by atoms with Crippen LogP contribution in [0.1, 0.15) is 0 Å². The summed E-state index contributed by atoms with van der Waals surface area (Å²) >= 11 is 1.66. The van der Waals surface area contributed by atoms with E-state index in [4.69, 9.17) is 0 Å². The minimum Gasteiger partial charge on any atom is -0.282 e. The fraction of sp³-hybridized carbons (Fsp3) is 0. The lowest BCUT2D eigenvalue weighted by atomic mass is 10.2. The molecule has 0 radical (unpaired) electrons. The van der Waals surface area contributed by atoms with Gasteiger partial charge >= 0.3 is 0 Å². The van der Waals surface area contributed by atoms with Crippen LogP contribution in [-0.2, 0) is 0 Å². The number of thiazole rings is 1. The van der Waals surface area contributed by atoms with Crippen molar-refractivity contribution in [2.75, 3.05) is 0 Å². The molecule has 4 heteroatoms. The predicted molar refractivity (Wildman–Crippen MR) is 64.7 cm³/mol. The molecule has 1 aromatic carbocycles. The first-order chi connectivity index (χ1) is 7.93. The fourth-order valence-corrected chi connectivity index (χ4v) is 2.37. The SMILES string of the molecule is c1ccc(-c2cnc(-n3ccnc3)s2)cc1. The van der Waals surface area contributed by atoms with E-state index in [2.05, 4.69) is 22.1 Å². The Morgan fingerprint density at radius 1 is 1.12 bits per heavy atom. The molecule has 0 aliphatic carbocycles. The van der Waals surface area contributed by atoms with Crippen molar-refractivity contribution in [2.24, 2.45) is 0 Å². The van der Waals surface area contributed by atoms with Gasteiger partial charge in [0.05, 0.1) is 4.88 Å². The standard InChI is InChI=1S/C12H9N3S/c1-2-4-10(5-3-1)11-8-14-12(16-11)15-7-6-13-9-15/h1-9H. The van der Waals surface area contributed by atoms with Crippen LogP contribution in [0.2, 0.25) is 0 Å². The van der Waals surface area contributed by atoms with Crippen molar-refractivity contribution in [1.29, 1.82) is 0 Å². The van der Waals surface area contributed by atoms with Crippen LogP contribution in [0.15, 0.2) is 55.2 Å². The Balaban J connectivity index is 2.00. The van der Waals surface area contributed by atoms with Gasteiger partial charge in [0.1, 0.15) is 6.33 Å². The zero-order valence-electron chi connectivity index (χ0n) is 8.45. The third-order valence-electron chi connectivity index (χ3n) is 2.28. The highest BCUT2D eigenvalue weighted by Gasteiger charge is 2.04. The summed E-state index contributed by atoms with van der Waals surface area (Å²) in [6.45, 7) is 0. The lowest BCUT2D eigenvalue weighted by Crippen LogP contribution is -1.85. The van der Waals surface area contributed by atoms with E-state index in [0.717, 1.165) is 5.13 Å². The van der Waals surface area contributed by atoms with Gasteiger partial charge in [-0.15, -0.1) is 0 Å². The molecule has 3 rings (SSSR count). The highest BCUT2D eigenvalue weighted by Crippen LogP contribution is 2.27. The van der Waals surface area contributed by atoms with Gasteiger partial charge in [0, 0.05) is 18.6 Å². The maximum absolute atomic E-state index is 4.38. The molecule has 3 aromatic rings. The smallest absolute Gasteiger partial charge is 0.195 e. The van der Waals surface area contributed by atoms with E-state index in [0.29, 0.717) is 0 Å². The van der Waals surface area contributed by atoms with E-state index >= 15 is 0 Å². The normalized spacial score (nSPS) is 10.5. The molecule has 0 spiro atoms. The van der Waals surface area contributed by atoms with Crippen LogP contribution in [0.3, 0.4) is 0 Å². The summed E-state index contributed by atoms with van der Waals surface area (Å²) in [7, 11) is 0. The predicted octanol–water partition coefficient (Wildman–Crippen LogP) is 3.00. The summed E-state index contributed by atoms with van der Waals surface area (Å²) in [4.78, 5) is 9.56. The molecular weight excluding hydrogens is 218 g/mol. The molecular formula is C12H9N3S. The number of hydrogen-bond acceptors (Lipinski definition) is 3. The zero-order chi connectivity index (χ0) is 10.8. The molecule has 0 saturated carbocycles.